The van der Waals surface area contributed by atoms with Crippen molar-refractivity contribution in [2.75, 3.05) is 10.7 Å². The van der Waals surface area contributed by atoms with Crippen molar-refractivity contribution in [2.24, 2.45) is 5.92 Å². The third-order valence-electron chi connectivity index (χ3n) is 8.71. The van der Waals surface area contributed by atoms with Gasteiger partial charge in [-0.1, -0.05) is 73.7 Å². The first-order valence-corrected chi connectivity index (χ1v) is 17.1. The second-order valence-electron chi connectivity index (χ2n) is 12.1. The number of thioether (sulfide) groups is 1. The third kappa shape index (κ3) is 8.06. The van der Waals surface area contributed by atoms with Gasteiger partial charge in [0.15, 0.2) is 6.29 Å². The van der Waals surface area contributed by atoms with Gasteiger partial charge in [0, 0.05) is 22.1 Å². The van der Waals surface area contributed by atoms with E-state index in [1.165, 1.54) is 0 Å². The van der Waals surface area contributed by atoms with E-state index >= 15 is 0 Å². The lowest BCUT2D eigenvalue weighted by molar-refractivity contribution is -0.268. The maximum atomic E-state index is 13.2. The molecule has 0 bridgehead atoms. The fourth-order valence-electron chi connectivity index (χ4n) is 5.89. The van der Waals surface area contributed by atoms with Crippen molar-refractivity contribution >= 4 is 41.3 Å². The number of carboxylic acid groups (broad SMARTS) is 1. The van der Waals surface area contributed by atoms with Crippen molar-refractivity contribution in [2.45, 2.75) is 56.0 Å². The van der Waals surface area contributed by atoms with Crippen molar-refractivity contribution in [1.82, 2.24) is 5.32 Å². The molecule has 3 N–H and O–H groups in total. The van der Waals surface area contributed by atoms with Crippen LogP contribution >= 0.6 is 11.8 Å². The number of nitrogens with one attached hydrogen (secondary N) is 1. The summed E-state index contributed by atoms with van der Waals surface area (Å²) in [5.74, 6) is -1.50. The number of aliphatic hydroxyl groups excluding tert-OH is 1. The van der Waals surface area contributed by atoms with Gasteiger partial charge in [0.25, 0.3) is 5.91 Å². The Bertz CT molecular complexity index is 1820. The quantitative estimate of drug-likeness (QED) is 0.125. The summed E-state index contributed by atoms with van der Waals surface area (Å²) in [7, 11) is 0. The van der Waals surface area contributed by atoms with Gasteiger partial charge in [-0.25, -0.2) is 14.5 Å². The number of benzene rings is 4. The Morgan fingerprint density at radius 3 is 2.22 bits per heavy atom. The highest BCUT2D eigenvalue weighted by Gasteiger charge is 2.42. The molecule has 2 aliphatic heterocycles. The second-order valence-corrected chi connectivity index (χ2v) is 13.2. The minimum Gasteiger partial charge on any atom is -0.478 e. The molecule has 2 aliphatic rings. The van der Waals surface area contributed by atoms with E-state index in [4.69, 9.17) is 14.2 Å². The lowest BCUT2D eigenvalue weighted by atomic mass is 9.91. The van der Waals surface area contributed by atoms with Crippen LogP contribution in [0.5, 0.6) is 0 Å². The van der Waals surface area contributed by atoms with Crippen LogP contribution in [0, 0.1) is 5.92 Å². The van der Waals surface area contributed by atoms with Crippen LogP contribution in [0.25, 0.3) is 0 Å². The van der Waals surface area contributed by atoms with Gasteiger partial charge in [-0.3, -0.25) is 9.59 Å². The predicted octanol–water partition coefficient (Wildman–Crippen LogP) is 6.02. The molecule has 4 aromatic carbocycles. The Hall–Kier alpha value is -5.01. The number of ether oxygens (including phenoxy) is 3. The van der Waals surface area contributed by atoms with Gasteiger partial charge in [-0.2, -0.15) is 0 Å². The van der Waals surface area contributed by atoms with Crippen molar-refractivity contribution in [3.8, 4) is 0 Å². The average molecular weight is 697 g/mol. The molecule has 12 heteroatoms. The highest BCUT2D eigenvalue weighted by Crippen LogP contribution is 2.43. The van der Waals surface area contributed by atoms with Crippen LogP contribution in [0.15, 0.2) is 108 Å². The van der Waals surface area contributed by atoms with Gasteiger partial charge in [-0.15, -0.1) is 11.8 Å². The number of imide groups is 1. The largest absolute Gasteiger partial charge is 0.478 e. The van der Waals surface area contributed by atoms with E-state index in [9.17, 15) is 29.4 Å². The number of hydrogen-bond acceptors (Lipinski definition) is 9. The summed E-state index contributed by atoms with van der Waals surface area (Å²) >= 11 is 1.55. The number of amides is 3. The van der Waals surface area contributed by atoms with Crippen molar-refractivity contribution in [3.63, 3.8) is 0 Å². The third-order valence-corrected chi connectivity index (χ3v) is 9.81. The zero-order valence-electron chi connectivity index (χ0n) is 27.1. The number of rotatable bonds is 11. The van der Waals surface area contributed by atoms with E-state index < -0.39 is 36.2 Å². The Kier molecular flexibility index (Phi) is 10.9. The normalized spacial score (nSPS) is 22.0. The van der Waals surface area contributed by atoms with Gasteiger partial charge in [-0.05, 0) is 53.1 Å². The lowest BCUT2D eigenvalue weighted by Gasteiger charge is -2.41. The van der Waals surface area contributed by atoms with Crippen LogP contribution in [0.1, 0.15) is 58.4 Å². The van der Waals surface area contributed by atoms with E-state index in [1.807, 2.05) is 54.6 Å². The Balaban J connectivity index is 1.15. The summed E-state index contributed by atoms with van der Waals surface area (Å²) < 4.78 is 18.3. The Morgan fingerprint density at radius 1 is 0.880 bits per heavy atom. The van der Waals surface area contributed by atoms with E-state index in [1.54, 1.807) is 60.3 Å². The highest BCUT2D eigenvalue weighted by atomic mass is 32.2. The van der Waals surface area contributed by atoms with Crippen LogP contribution in [-0.2, 0) is 37.0 Å². The van der Waals surface area contributed by atoms with E-state index in [-0.39, 0.29) is 43.3 Å². The van der Waals surface area contributed by atoms with Crippen LogP contribution in [0.2, 0.25) is 0 Å². The number of carboxylic acids is 1. The summed E-state index contributed by atoms with van der Waals surface area (Å²) in [5, 5.41) is 21.3. The molecule has 6 rings (SSSR count). The van der Waals surface area contributed by atoms with E-state index in [0.29, 0.717) is 17.0 Å². The fourth-order valence-corrected chi connectivity index (χ4v) is 6.95. The average Bonchev–Trinajstić information content (AvgIpc) is 3.42. The van der Waals surface area contributed by atoms with Gasteiger partial charge in [0.1, 0.15) is 12.6 Å². The van der Waals surface area contributed by atoms with E-state index in [0.717, 1.165) is 26.5 Å². The summed E-state index contributed by atoms with van der Waals surface area (Å²) in [6.45, 7) is 2.01. The van der Waals surface area contributed by atoms with Crippen molar-refractivity contribution in [1.29, 1.82) is 0 Å². The van der Waals surface area contributed by atoms with Crippen molar-refractivity contribution in [3.05, 3.63) is 131 Å². The lowest BCUT2D eigenvalue weighted by Crippen LogP contribution is -2.42. The minimum absolute atomic E-state index is 0.0328. The summed E-state index contributed by atoms with van der Waals surface area (Å²) in [6.07, 6.45) is -2.38. The zero-order chi connectivity index (χ0) is 35.2. The maximum Gasteiger partial charge on any atom is 0.408 e. The molecule has 0 aliphatic carbocycles. The van der Waals surface area contributed by atoms with Crippen molar-refractivity contribution < 1.29 is 43.6 Å². The number of alkyl carbamates (subject to hydrolysis) is 1. The molecule has 5 atom stereocenters. The molecule has 11 nitrogen and oxygen atoms in total. The summed E-state index contributed by atoms with van der Waals surface area (Å²) in [6, 6.07) is 29.1. The zero-order valence-corrected chi connectivity index (χ0v) is 28.0. The van der Waals surface area contributed by atoms with Gasteiger partial charge < -0.3 is 29.7 Å². The van der Waals surface area contributed by atoms with Crippen LogP contribution in [0.3, 0.4) is 0 Å². The molecule has 2 saturated heterocycles. The number of nitrogens with zero attached hydrogens (tertiary/aromatic N) is 1. The molecule has 0 saturated carbocycles. The Morgan fingerprint density at radius 2 is 1.56 bits per heavy atom. The smallest absolute Gasteiger partial charge is 0.408 e. The first-order chi connectivity index (χ1) is 24.2. The van der Waals surface area contributed by atoms with Gasteiger partial charge >= 0.3 is 12.1 Å². The molecule has 50 heavy (non-hydrogen) atoms. The van der Waals surface area contributed by atoms with Gasteiger partial charge in [0.2, 0.25) is 5.91 Å². The number of anilines is 1. The molecule has 0 radical (unpaired) electrons. The fraction of sp³-hybridized carbons (Fsp3) is 0.263. The molecule has 3 amide bonds. The summed E-state index contributed by atoms with van der Waals surface area (Å²) in [5.41, 5.74) is 3.74. The number of hydrogen-bond donors (Lipinski definition) is 3. The SMILES string of the molecule is CC1C(CSc2ccc(C(=O)O)cc2)OC(c2ccc(N3C(=O)CC(NC(=O)OCc4ccccc4)C3=O)cc2)OC1c1ccc(CO)cc1. The first kappa shape index (κ1) is 34.8. The molecule has 5 unspecified atom stereocenters. The number of carbonyl (C=O) groups excluding carboxylic acids is 3. The molecule has 0 aromatic heterocycles. The first-order valence-electron chi connectivity index (χ1n) is 16.1. The topological polar surface area (TPSA) is 152 Å². The molecule has 2 heterocycles. The molecular formula is C38H36N2O9S. The van der Waals surface area contributed by atoms with E-state index in [2.05, 4.69) is 12.2 Å². The maximum absolute atomic E-state index is 13.2. The number of aromatic carboxylic acids is 1. The standard InChI is InChI=1S/C38H36N2O9S/c1-23-32(22-50-30-17-13-27(14-18-30)36(44)45)48-37(49-34(23)26-9-7-24(20-41)8-10-26)28-11-15-29(16-12-28)40-33(42)19-31(35(40)43)39-38(46)47-21-25-5-3-2-4-6-25/h2-18,23,31-32,34,37,41H,19-22H2,1H3,(H,39,46)(H,44,45). The number of carbonyl (C=O) groups is 4. The summed E-state index contributed by atoms with van der Waals surface area (Å²) in [4.78, 5) is 51.8. The molecular weight excluding hydrogens is 660 g/mol. The molecule has 0 spiro atoms. The molecule has 2 fully saturated rings. The van der Waals surface area contributed by atoms with Gasteiger partial charge in [0.05, 0.1) is 36.5 Å². The van der Waals surface area contributed by atoms with Crippen LogP contribution < -0.4 is 10.2 Å². The van der Waals surface area contributed by atoms with Crippen LogP contribution in [-0.4, -0.2) is 52.0 Å². The molecule has 258 valence electrons. The number of aliphatic hydroxyl groups is 1. The molecule has 4 aromatic rings. The van der Waals surface area contributed by atoms with Crippen LogP contribution in [0.4, 0.5) is 10.5 Å². The second kappa shape index (κ2) is 15.7. The Labute approximate surface area is 293 Å². The highest BCUT2D eigenvalue weighted by molar-refractivity contribution is 7.99. The predicted molar refractivity (Wildman–Crippen MR) is 184 cm³/mol. The minimum atomic E-state index is -1.05. The monoisotopic (exact) mass is 696 g/mol.